The van der Waals surface area contributed by atoms with Gasteiger partial charge in [0.2, 0.25) is 0 Å². The van der Waals surface area contributed by atoms with Gasteiger partial charge in [-0.15, -0.1) is 11.3 Å². The second kappa shape index (κ2) is 7.54. The van der Waals surface area contributed by atoms with Gasteiger partial charge in [0.1, 0.15) is 16.6 Å². The molecule has 0 saturated carbocycles. The summed E-state index contributed by atoms with van der Waals surface area (Å²) in [4.78, 5) is 12.0. The van der Waals surface area contributed by atoms with Crippen molar-refractivity contribution >= 4 is 33.3 Å². The number of hydrogen-bond donors (Lipinski definition) is 1. The van der Waals surface area contributed by atoms with Gasteiger partial charge in [-0.25, -0.2) is 9.97 Å². The maximum atomic E-state index is 6.59. The first kappa shape index (κ1) is 18.9. The molecule has 2 N–H and O–H groups in total. The molecule has 4 rings (SSSR count). The number of nitrogens with two attached hydrogens (primary N) is 1. The quantitative estimate of drug-likeness (QED) is 0.352. The molecule has 0 aliphatic carbocycles. The number of fused-ring (bicyclic) bond motifs is 3. The third-order valence-electron chi connectivity index (χ3n) is 4.81. The maximum Gasteiger partial charge on any atom is 0.189 e. The van der Waals surface area contributed by atoms with E-state index in [1.807, 2.05) is 12.1 Å². The zero-order valence-electron chi connectivity index (χ0n) is 15.9. The Bertz CT molecular complexity index is 935. The van der Waals surface area contributed by atoms with Crippen molar-refractivity contribution in [1.82, 2.24) is 9.97 Å². The standard InChI is InChI=1S/C20H25N3O2S2/c1-4-5-9-26-19-22-17(16(21)13-7-6-8-24-13)15-12-10-20(2,3)25-11-14(12)27-18(15)23-19/h6-8,16H,4-5,9-11,21H2,1-3H3. The van der Waals surface area contributed by atoms with Crippen LogP contribution in [0.1, 0.15) is 61.5 Å². The SMILES string of the molecule is CCCCSc1nc(C(N)c2ccco2)c2c3c(sc2n1)COC(C)(C)C3. The highest BCUT2D eigenvalue weighted by Gasteiger charge is 2.32. The van der Waals surface area contributed by atoms with Crippen LogP contribution in [-0.2, 0) is 17.8 Å². The minimum Gasteiger partial charge on any atom is -0.467 e. The molecule has 0 aromatic carbocycles. The number of nitrogens with zero attached hydrogens (tertiary/aromatic N) is 2. The Morgan fingerprint density at radius 2 is 2.22 bits per heavy atom. The number of thiophene rings is 1. The van der Waals surface area contributed by atoms with Crippen LogP contribution in [0.15, 0.2) is 28.0 Å². The van der Waals surface area contributed by atoms with E-state index < -0.39 is 6.04 Å². The van der Waals surface area contributed by atoms with E-state index in [1.54, 1.807) is 29.4 Å². The van der Waals surface area contributed by atoms with Crippen LogP contribution in [-0.4, -0.2) is 21.3 Å². The summed E-state index contributed by atoms with van der Waals surface area (Å²) in [5, 5.41) is 1.89. The number of rotatable bonds is 6. The zero-order chi connectivity index (χ0) is 19.0. The van der Waals surface area contributed by atoms with E-state index in [2.05, 4.69) is 20.8 Å². The van der Waals surface area contributed by atoms with Crippen LogP contribution in [0.4, 0.5) is 0 Å². The smallest absolute Gasteiger partial charge is 0.189 e. The summed E-state index contributed by atoms with van der Waals surface area (Å²) >= 11 is 3.41. The summed E-state index contributed by atoms with van der Waals surface area (Å²) in [6.07, 6.45) is 4.80. The highest BCUT2D eigenvalue weighted by Crippen LogP contribution is 2.41. The molecule has 5 nitrogen and oxygen atoms in total. The summed E-state index contributed by atoms with van der Waals surface area (Å²) in [6.45, 7) is 7.07. The van der Waals surface area contributed by atoms with Gasteiger partial charge in [0.05, 0.1) is 24.2 Å². The lowest BCUT2D eigenvalue weighted by molar-refractivity contribution is -0.0379. The Labute approximate surface area is 167 Å². The van der Waals surface area contributed by atoms with Gasteiger partial charge in [0, 0.05) is 22.4 Å². The lowest BCUT2D eigenvalue weighted by Gasteiger charge is -2.30. The molecular weight excluding hydrogens is 378 g/mol. The van der Waals surface area contributed by atoms with Gasteiger partial charge < -0.3 is 14.9 Å². The fourth-order valence-corrected chi connectivity index (χ4v) is 5.46. The fraction of sp³-hybridized carbons (Fsp3) is 0.500. The van der Waals surface area contributed by atoms with Crippen molar-refractivity contribution in [3.05, 3.63) is 40.3 Å². The number of ether oxygens (including phenoxy) is 1. The maximum absolute atomic E-state index is 6.59. The lowest BCUT2D eigenvalue weighted by Crippen LogP contribution is -2.31. The molecule has 3 aromatic heterocycles. The van der Waals surface area contributed by atoms with E-state index in [1.165, 1.54) is 10.4 Å². The van der Waals surface area contributed by atoms with Gasteiger partial charge in [0.15, 0.2) is 5.16 Å². The van der Waals surface area contributed by atoms with E-state index in [0.717, 1.165) is 51.8 Å². The molecule has 3 aromatic rings. The number of unbranched alkanes of at least 4 members (excludes halogenated alkanes) is 1. The second-order valence-corrected chi connectivity index (χ2v) is 9.64. The van der Waals surface area contributed by atoms with Crippen LogP contribution in [0.5, 0.6) is 0 Å². The topological polar surface area (TPSA) is 74.2 Å². The van der Waals surface area contributed by atoms with Crippen LogP contribution in [0.3, 0.4) is 0 Å². The summed E-state index contributed by atoms with van der Waals surface area (Å²) in [5.74, 6) is 1.74. The van der Waals surface area contributed by atoms with Crippen molar-refractivity contribution in [2.75, 3.05) is 5.75 Å². The second-order valence-electron chi connectivity index (χ2n) is 7.50. The van der Waals surface area contributed by atoms with E-state index in [9.17, 15) is 0 Å². The Hall–Kier alpha value is -1.41. The molecule has 0 amide bonds. The molecule has 0 fully saturated rings. The van der Waals surface area contributed by atoms with Crippen LogP contribution in [0.2, 0.25) is 0 Å². The molecule has 1 aliphatic heterocycles. The van der Waals surface area contributed by atoms with Crippen molar-refractivity contribution in [2.45, 2.75) is 63.4 Å². The molecule has 144 valence electrons. The van der Waals surface area contributed by atoms with Gasteiger partial charge in [-0.2, -0.15) is 0 Å². The molecule has 7 heteroatoms. The average molecular weight is 404 g/mol. The number of furan rings is 1. The lowest BCUT2D eigenvalue weighted by atomic mass is 9.92. The van der Waals surface area contributed by atoms with Gasteiger partial charge in [0.25, 0.3) is 0 Å². The minimum atomic E-state index is -0.402. The predicted octanol–water partition coefficient (Wildman–Crippen LogP) is 5.08. The molecule has 1 unspecified atom stereocenters. The molecule has 0 radical (unpaired) electrons. The molecular formula is C20H25N3O2S2. The van der Waals surface area contributed by atoms with Gasteiger partial charge in [-0.1, -0.05) is 25.1 Å². The highest BCUT2D eigenvalue weighted by atomic mass is 32.2. The van der Waals surface area contributed by atoms with Gasteiger partial charge in [-0.3, -0.25) is 0 Å². The fourth-order valence-electron chi connectivity index (χ4n) is 3.35. The number of aromatic nitrogens is 2. The van der Waals surface area contributed by atoms with Crippen LogP contribution in [0.25, 0.3) is 10.2 Å². The van der Waals surface area contributed by atoms with Crippen LogP contribution in [0, 0.1) is 0 Å². The summed E-state index contributed by atoms with van der Waals surface area (Å²) in [6, 6.07) is 3.37. The molecule has 0 spiro atoms. The van der Waals surface area contributed by atoms with Crippen LogP contribution >= 0.6 is 23.1 Å². The van der Waals surface area contributed by atoms with Crippen molar-refractivity contribution < 1.29 is 9.15 Å². The first-order valence-corrected chi connectivity index (χ1v) is 11.2. The van der Waals surface area contributed by atoms with E-state index in [4.69, 9.17) is 24.9 Å². The first-order valence-electron chi connectivity index (χ1n) is 9.36. The number of thioether (sulfide) groups is 1. The monoisotopic (exact) mass is 403 g/mol. The molecule has 1 aliphatic rings. The average Bonchev–Trinajstić information content (AvgIpc) is 3.28. The zero-order valence-corrected chi connectivity index (χ0v) is 17.6. The van der Waals surface area contributed by atoms with Crippen molar-refractivity contribution in [3.8, 4) is 0 Å². The summed E-state index contributed by atoms with van der Waals surface area (Å²) in [5.41, 5.74) is 8.55. The van der Waals surface area contributed by atoms with Crippen molar-refractivity contribution in [2.24, 2.45) is 5.73 Å². The van der Waals surface area contributed by atoms with Crippen molar-refractivity contribution in [1.29, 1.82) is 0 Å². The molecule has 1 atom stereocenters. The Kier molecular flexibility index (Phi) is 5.29. The Morgan fingerprint density at radius 3 is 2.96 bits per heavy atom. The molecule has 4 heterocycles. The Morgan fingerprint density at radius 1 is 1.37 bits per heavy atom. The third kappa shape index (κ3) is 3.78. The van der Waals surface area contributed by atoms with Crippen molar-refractivity contribution in [3.63, 3.8) is 0 Å². The first-order chi connectivity index (χ1) is 13.0. The van der Waals surface area contributed by atoms with Gasteiger partial charge >= 0.3 is 0 Å². The Balaban J connectivity index is 1.84. The largest absolute Gasteiger partial charge is 0.467 e. The van der Waals surface area contributed by atoms with E-state index in [0.29, 0.717) is 6.61 Å². The molecule has 0 bridgehead atoms. The molecule has 27 heavy (non-hydrogen) atoms. The summed E-state index contributed by atoms with van der Waals surface area (Å²) < 4.78 is 11.6. The predicted molar refractivity (Wildman–Crippen MR) is 110 cm³/mol. The summed E-state index contributed by atoms with van der Waals surface area (Å²) in [7, 11) is 0. The number of hydrogen-bond acceptors (Lipinski definition) is 7. The normalized spacial score (nSPS) is 17.2. The minimum absolute atomic E-state index is 0.193. The van der Waals surface area contributed by atoms with Gasteiger partial charge in [-0.05, 0) is 38.0 Å². The highest BCUT2D eigenvalue weighted by molar-refractivity contribution is 7.99. The van der Waals surface area contributed by atoms with E-state index >= 15 is 0 Å². The molecule has 0 saturated heterocycles. The third-order valence-corrected chi connectivity index (χ3v) is 6.84. The van der Waals surface area contributed by atoms with Crippen LogP contribution < -0.4 is 5.73 Å². The van der Waals surface area contributed by atoms with E-state index in [-0.39, 0.29) is 5.60 Å².